The van der Waals surface area contributed by atoms with E-state index in [1.165, 1.54) is 15.8 Å². The zero-order chi connectivity index (χ0) is 10.8. The maximum Gasteiger partial charge on any atom is 0.115 e. The molecule has 3 heteroatoms. The topological polar surface area (TPSA) is 20.2 Å². The molecule has 1 aromatic rings. The van der Waals surface area contributed by atoms with Crippen LogP contribution in [0.5, 0.6) is 5.75 Å². The van der Waals surface area contributed by atoms with E-state index < -0.39 is 14.3 Å². The van der Waals surface area contributed by atoms with Gasteiger partial charge in [-0.05, 0) is 12.1 Å². The van der Waals surface area contributed by atoms with E-state index in [2.05, 4.69) is 20.8 Å². The van der Waals surface area contributed by atoms with Gasteiger partial charge in [-0.15, -0.1) is 0 Å². The van der Waals surface area contributed by atoms with Gasteiger partial charge in [0.25, 0.3) is 0 Å². The average Bonchev–Trinajstić information content (AvgIpc) is 2.22. The molecule has 0 saturated carbocycles. The van der Waals surface area contributed by atoms with Crippen LogP contribution >= 0.6 is 0 Å². The molecule has 0 heterocycles. The normalized spacial score (nSPS) is 8.80. The Balaban J connectivity index is 0. The van der Waals surface area contributed by atoms with Gasteiger partial charge in [0.15, 0.2) is 0 Å². The summed E-state index contributed by atoms with van der Waals surface area (Å²) in [5.41, 5.74) is 0. The van der Waals surface area contributed by atoms with Crippen molar-refractivity contribution >= 4 is 14.3 Å². The maximum atomic E-state index is 8.63. The van der Waals surface area contributed by atoms with E-state index in [9.17, 15) is 0 Å². The van der Waals surface area contributed by atoms with Crippen LogP contribution in [0.15, 0.2) is 30.3 Å². The largest absolute Gasteiger partial charge is 0.508 e. The van der Waals surface area contributed by atoms with E-state index in [0.717, 1.165) is 0 Å². The quantitative estimate of drug-likeness (QED) is 0.804. The van der Waals surface area contributed by atoms with Gasteiger partial charge in [-0.1, -0.05) is 18.2 Å². The second kappa shape index (κ2) is 12.6. The van der Waals surface area contributed by atoms with E-state index in [4.69, 9.17) is 5.11 Å². The third-order valence-corrected chi connectivity index (χ3v) is 8.55. The van der Waals surface area contributed by atoms with Crippen LogP contribution in [-0.4, -0.2) is 19.5 Å². The number of phenols is 1. The van der Waals surface area contributed by atoms with Gasteiger partial charge in [0.1, 0.15) is 5.75 Å². The minimum absolute atomic E-state index is 0. The second-order valence-corrected chi connectivity index (χ2v) is 10.7. The summed E-state index contributed by atoms with van der Waals surface area (Å²) in [6.07, 6.45) is 0. The van der Waals surface area contributed by atoms with Crippen LogP contribution in [0.1, 0.15) is 20.8 Å². The van der Waals surface area contributed by atoms with E-state index >= 15 is 0 Å². The molecule has 1 rings (SSSR count). The molecule has 0 atom stereocenters. The summed E-state index contributed by atoms with van der Waals surface area (Å²) in [7, 11) is 0. The van der Waals surface area contributed by atoms with E-state index in [1.54, 1.807) is 24.3 Å². The minimum atomic E-state index is -0.403. The first kappa shape index (κ1) is 17.9. The number of rotatable bonds is 3. The number of benzene rings is 1. The SMILES string of the molecule is C[CH2][Ge]([CH2]C)[CH2]C.Oc1ccccc1.[Cd]. The Morgan fingerprint density at radius 3 is 1.47 bits per heavy atom. The first-order chi connectivity index (χ1) is 6.74. The molecule has 0 amide bonds. The van der Waals surface area contributed by atoms with E-state index in [0.29, 0.717) is 5.75 Å². The van der Waals surface area contributed by atoms with Gasteiger partial charge in [-0.3, -0.25) is 0 Å². The molecule has 0 bridgehead atoms. The third kappa shape index (κ3) is 10.8. The molecule has 81 valence electrons. The third-order valence-electron chi connectivity index (χ3n) is 2.26. The van der Waals surface area contributed by atoms with Crippen LogP contribution < -0.4 is 0 Å². The first-order valence-corrected chi connectivity index (χ1v) is 9.77. The molecule has 0 aliphatic rings. The summed E-state index contributed by atoms with van der Waals surface area (Å²) in [5, 5.41) is 13.2. The van der Waals surface area contributed by atoms with Crippen LogP contribution in [0.25, 0.3) is 0 Å². The minimum Gasteiger partial charge on any atom is -0.508 e. The fraction of sp³-hybridized carbons (Fsp3) is 0.500. The Kier molecular flexibility index (Phi) is 15.0. The van der Waals surface area contributed by atoms with Crippen molar-refractivity contribution in [1.82, 2.24) is 0 Å². The Hall–Kier alpha value is 0.485. The number of para-hydroxylation sites is 1. The monoisotopic (exact) mass is 369 g/mol. The second-order valence-electron chi connectivity index (χ2n) is 3.15. The number of hydrogen-bond donors (Lipinski definition) is 1. The Bertz CT molecular complexity index is 207. The Labute approximate surface area is 119 Å². The summed E-state index contributed by atoms with van der Waals surface area (Å²) in [6, 6.07) is 8.71. The van der Waals surface area contributed by atoms with Crippen molar-refractivity contribution in [2.24, 2.45) is 0 Å². The average molecular weight is 366 g/mol. The Morgan fingerprint density at radius 1 is 0.933 bits per heavy atom. The van der Waals surface area contributed by atoms with Crippen LogP contribution in [0, 0.1) is 0 Å². The molecule has 0 fully saturated rings. The molecule has 15 heavy (non-hydrogen) atoms. The Morgan fingerprint density at radius 2 is 1.33 bits per heavy atom. The summed E-state index contributed by atoms with van der Waals surface area (Å²) < 4.78 is 0. The van der Waals surface area contributed by atoms with Crippen molar-refractivity contribution in [2.75, 3.05) is 0 Å². The molecular weight excluding hydrogens is 345 g/mol. The van der Waals surface area contributed by atoms with E-state index in [1.807, 2.05) is 6.07 Å². The smallest absolute Gasteiger partial charge is 0.115 e. The number of aromatic hydroxyl groups is 1. The van der Waals surface area contributed by atoms with Gasteiger partial charge >= 0.3 is 50.9 Å². The van der Waals surface area contributed by atoms with Crippen LogP contribution in [-0.2, 0) is 27.3 Å². The predicted molar refractivity (Wildman–Crippen MR) is 65.3 cm³/mol. The van der Waals surface area contributed by atoms with Crippen molar-refractivity contribution in [3.63, 3.8) is 0 Å². The van der Waals surface area contributed by atoms with Gasteiger partial charge in [0.2, 0.25) is 0 Å². The summed E-state index contributed by atoms with van der Waals surface area (Å²) in [4.78, 5) is 0. The molecule has 0 aliphatic heterocycles. The van der Waals surface area contributed by atoms with E-state index in [-0.39, 0.29) is 27.3 Å². The van der Waals surface area contributed by atoms with Crippen LogP contribution in [0.3, 0.4) is 0 Å². The first-order valence-electron chi connectivity index (χ1n) is 5.32. The van der Waals surface area contributed by atoms with Crippen molar-refractivity contribution < 1.29 is 32.4 Å². The molecule has 0 unspecified atom stereocenters. The molecule has 0 aliphatic carbocycles. The van der Waals surface area contributed by atoms with Crippen molar-refractivity contribution in [3.8, 4) is 5.75 Å². The molecular formula is C12H21CdGeO. The summed E-state index contributed by atoms with van der Waals surface area (Å²) in [6.45, 7) is 7.01. The molecule has 0 spiro atoms. The van der Waals surface area contributed by atoms with Crippen LogP contribution in [0.2, 0.25) is 15.8 Å². The van der Waals surface area contributed by atoms with Crippen LogP contribution in [0.4, 0.5) is 0 Å². The maximum absolute atomic E-state index is 8.63. The zero-order valence-corrected chi connectivity index (χ0v) is 16.3. The number of hydrogen-bond acceptors (Lipinski definition) is 1. The standard InChI is InChI=1S/C6H15Ge.C6H6O.Cd/c1-4-7(5-2)6-3;7-6-4-2-1-3-5-6;/h4-6H2,1-3H3;1-5,7H;. The number of phenolic OH excluding ortho intramolecular Hbond substituents is 1. The molecule has 0 aromatic heterocycles. The molecule has 1 nitrogen and oxygen atoms in total. The molecule has 1 N–H and O–H groups in total. The van der Waals surface area contributed by atoms with Gasteiger partial charge in [-0.25, -0.2) is 0 Å². The fourth-order valence-corrected chi connectivity index (χ4v) is 4.33. The van der Waals surface area contributed by atoms with Gasteiger partial charge in [0.05, 0.1) is 0 Å². The zero-order valence-electron chi connectivity index (χ0n) is 10.2. The molecule has 1 radical (unpaired) electrons. The van der Waals surface area contributed by atoms with Crippen molar-refractivity contribution in [1.29, 1.82) is 0 Å². The van der Waals surface area contributed by atoms with Gasteiger partial charge in [-0.2, -0.15) is 0 Å². The van der Waals surface area contributed by atoms with Crippen molar-refractivity contribution in [3.05, 3.63) is 30.3 Å². The summed E-state index contributed by atoms with van der Waals surface area (Å²) in [5.74, 6) is 0.322. The van der Waals surface area contributed by atoms with Gasteiger partial charge in [0, 0.05) is 27.3 Å². The predicted octanol–water partition coefficient (Wildman–Crippen LogP) is 3.93. The van der Waals surface area contributed by atoms with Gasteiger partial charge < -0.3 is 5.11 Å². The summed E-state index contributed by atoms with van der Waals surface area (Å²) >= 11 is -0.403. The molecule has 1 aromatic carbocycles. The fourth-order valence-electron chi connectivity index (χ4n) is 1.18. The molecule has 0 saturated heterocycles. The van der Waals surface area contributed by atoms with Crippen molar-refractivity contribution in [2.45, 2.75) is 36.5 Å².